The van der Waals surface area contributed by atoms with Gasteiger partial charge in [0, 0.05) is 11.5 Å². The van der Waals surface area contributed by atoms with E-state index in [2.05, 4.69) is 16.7 Å². The molecule has 1 spiro atoms. The SMILES string of the molecule is O=C(NC1CCCOc2ccccc21)C1CC12CCNCC2. The van der Waals surface area contributed by atoms with E-state index in [1.165, 1.54) is 0 Å². The van der Waals surface area contributed by atoms with Gasteiger partial charge in [-0.15, -0.1) is 0 Å². The van der Waals surface area contributed by atoms with Gasteiger partial charge in [0.15, 0.2) is 0 Å². The predicted molar refractivity (Wildman–Crippen MR) is 84.7 cm³/mol. The van der Waals surface area contributed by atoms with Gasteiger partial charge in [0.25, 0.3) is 0 Å². The number of hydrogen-bond acceptors (Lipinski definition) is 3. The molecule has 0 bridgehead atoms. The highest BCUT2D eigenvalue weighted by Gasteiger charge is 2.57. The number of rotatable bonds is 2. The molecule has 2 fully saturated rings. The summed E-state index contributed by atoms with van der Waals surface area (Å²) in [4.78, 5) is 12.7. The summed E-state index contributed by atoms with van der Waals surface area (Å²) in [5.74, 6) is 1.41. The third-order valence-corrected chi connectivity index (χ3v) is 5.61. The van der Waals surface area contributed by atoms with E-state index in [4.69, 9.17) is 4.74 Å². The first kappa shape index (κ1) is 14.1. The Labute approximate surface area is 131 Å². The topological polar surface area (TPSA) is 50.4 Å². The van der Waals surface area contributed by atoms with Crippen LogP contribution in [0.5, 0.6) is 5.75 Å². The fourth-order valence-corrected chi connectivity index (χ4v) is 4.14. The first-order chi connectivity index (χ1) is 10.8. The fraction of sp³-hybridized carbons (Fsp3) is 0.611. The first-order valence-electron chi connectivity index (χ1n) is 8.51. The average molecular weight is 300 g/mol. The molecule has 1 amide bonds. The van der Waals surface area contributed by atoms with Crippen molar-refractivity contribution in [3.63, 3.8) is 0 Å². The van der Waals surface area contributed by atoms with E-state index >= 15 is 0 Å². The minimum absolute atomic E-state index is 0.102. The van der Waals surface area contributed by atoms with E-state index in [9.17, 15) is 4.79 Å². The standard InChI is InChI=1S/C18H24N2O2/c21-17(14-12-18(14)7-9-19-10-8-18)20-15-5-3-11-22-16-6-2-1-4-13(15)16/h1-2,4,6,14-15,19H,3,5,7-12H2,(H,20,21). The lowest BCUT2D eigenvalue weighted by Gasteiger charge is -2.24. The van der Waals surface area contributed by atoms with Crippen LogP contribution in [-0.4, -0.2) is 25.6 Å². The Bertz CT molecular complexity index is 566. The van der Waals surface area contributed by atoms with E-state index in [0.717, 1.165) is 63.1 Å². The molecule has 2 atom stereocenters. The van der Waals surface area contributed by atoms with Crippen molar-refractivity contribution in [2.24, 2.45) is 11.3 Å². The summed E-state index contributed by atoms with van der Waals surface area (Å²) in [6, 6.07) is 8.21. The van der Waals surface area contributed by atoms with Crippen LogP contribution in [0.1, 0.15) is 43.7 Å². The number of piperidine rings is 1. The van der Waals surface area contributed by atoms with Crippen molar-refractivity contribution in [1.29, 1.82) is 0 Å². The van der Waals surface area contributed by atoms with Gasteiger partial charge in [-0.25, -0.2) is 0 Å². The van der Waals surface area contributed by atoms with Crippen molar-refractivity contribution in [2.45, 2.75) is 38.1 Å². The van der Waals surface area contributed by atoms with Gasteiger partial charge in [-0.2, -0.15) is 0 Å². The third-order valence-electron chi connectivity index (χ3n) is 5.61. The Hall–Kier alpha value is -1.55. The van der Waals surface area contributed by atoms with Gasteiger partial charge in [0.05, 0.1) is 12.6 Å². The van der Waals surface area contributed by atoms with Crippen molar-refractivity contribution in [3.8, 4) is 5.75 Å². The fourth-order valence-electron chi connectivity index (χ4n) is 4.14. The Kier molecular flexibility index (Phi) is 3.57. The molecule has 118 valence electrons. The van der Waals surface area contributed by atoms with E-state index in [-0.39, 0.29) is 17.9 Å². The second-order valence-electron chi connectivity index (χ2n) is 6.96. The minimum atomic E-state index is 0.102. The van der Waals surface area contributed by atoms with Crippen molar-refractivity contribution in [2.75, 3.05) is 19.7 Å². The molecule has 0 aromatic heterocycles. The van der Waals surface area contributed by atoms with Gasteiger partial charge in [-0.3, -0.25) is 4.79 Å². The number of carbonyl (C=O) groups excluding carboxylic acids is 1. The maximum atomic E-state index is 12.7. The number of nitrogens with one attached hydrogen (secondary N) is 2. The molecule has 1 aliphatic carbocycles. The monoisotopic (exact) mass is 300 g/mol. The summed E-state index contributed by atoms with van der Waals surface area (Å²) in [5.41, 5.74) is 1.43. The first-order valence-corrected chi connectivity index (χ1v) is 8.51. The van der Waals surface area contributed by atoms with Crippen LogP contribution in [0.4, 0.5) is 0 Å². The Morgan fingerprint density at radius 1 is 1.27 bits per heavy atom. The van der Waals surface area contributed by atoms with Crippen LogP contribution in [0.3, 0.4) is 0 Å². The van der Waals surface area contributed by atoms with Crippen molar-refractivity contribution >= 4 is 5.91 Å². The molecule has 4 nitrogen and oxygen atoms in total. The Balaban J connectivity index is 1.46. The molecule has 4 rings (SSSR count). The molecule has 2 N–H and O–H groups in total. The van der Waals surface area contributed by atoms with Gasteiger partial charge in [-0.05, 0) is 56.7 Å². The van der Waals surface area contributed by atoms with Crippen LogP contribution in [0, 0.1) is 11.3 Å². The van der Waals surface area contributed by atoms with Crippen molar-refractivity contribution < 1.29 is 9.53 Å². The molecule has 2 heterocycles. The van der Waals surface area contributed by atoms with E-state index < -0.39 is 0 Å². The second kappa shape index (κ2) is 5.58. The largest absolute Gasteiger partial charge is 0.493 e. The number of benzene rings is 1. The summed E-state index contributed by atoms with van der Waals surface area (Å²) in [6.45, 7) is 2.86. The van der Waals surface area contributed by atoms with E-state index in [1.54, 1.807) is 0 Å². The maximum absolute atomic E-state index is 12.7. The van der Waals surface area contributed by atoms with Gasteiger partial charge in [-0.1, -0.05) is 18.2 Å². The number of para-hydroxylation sites is 1. The highest BCUT2D eigenvalue weighted by molar-refractivity contribution is 5.83. The molecular formula is C18H24N2O2. The number of ether oxygens (including phenoxy) is 1. The summed E-state index contributed by atoms with van der Waals surface area (Å²) in [7, 11) is 0. The van der Waals surface area contributed by atoms with Gasteiger partial charge < -0.3 is 15.4 Å². The zero-order valence-corrected chi connectivity index (χ0v) is 12.9. The molecule has 1 saturated heterocycles. The van der Waals surface area contributed by atoms with Gasteiger partial charge in [0.2, 0.25) is 5.91 Å². The Morgan fingerprint density at radius 2 is 2.09 bits per heavy atom. The smallest absolute Gasteiger partial charge is 0.224 e. The summed E-state index contributed by atoms with van der Waals surface area (Å²) < 4.78 is 5.79. The molecule has 2 unspecified atom stereocenters. The normalized spacial score (nSPS) is 29.1. The highest BCUT2D eigenvalue weighted by atomic mass is 16.5. The molecule has 3 aliphatic rings. The second-order valence-corrected chi connectivity index (χ2v) is 6.96. The molecule has 22 heavy (non-hydrogen) atoms. The molecule has 0 radical (unpaired) electrons. The molecule has 4 heteroatoms. The predicted octanol–water partition coefficient (Wildman–Crippen LogP) is 2.41. The minimum Gasteiger partial charge on any atom is -0.493 e. The zero-order chi connectivity index (χ0) is 15.0. The zero-order valence-electron chi connectivity index (χ0n) is 12.9. The van der Waals surface area contributed by atoms with Crippen molar-refractivity contribution in [3.05, 3.63) is 29.8 Å². The van der Waals surface area contributed by atoms with Crippen LogP contribution in [0.25, 0.3) is 0 Å². The number of fused-ring (bicyclic) bond motifs is 1. The Morgan fingerprint density at radius 3 is 2.95 bits per heavy atom. The lowest BCUT2D eigenvalue weighted by Crippen LogP contribution is -2.35. The van der Waals surface area contributed by atoms with Crippen molar-refractivity contribution in [1.82, 2.24) is 10.6 Å². The lowest BCUT2D eigenvalue weighted by atomic mass is 9.91. The number of carbonyl (C=O) groups is 1. The van der Waals surface area contributed by atoms with Crippen LogP contribution in [-0.2, 0) is 4.79 Å². The number of hydrogen-bond donors (Lipinski definition) is 2. The third kappa shape index (κ3) is 2.50. The number of amides is 1. The molecule has 2 aliphatic heterocycles. The summed E-state index contributed by atoms with van der Waals surface area (Å²) in [5, 5.41) is 6.70. The maximum Gasteiger partial charge on any atom is 0.224 e. The molecule has 1 aromatic rings. The van der Waals surface area contributed by atoms with E-state index in [1.807, 2.05) is 18.2 Å². The summed E-state index contributed by atoms with van der Waals surface area (Å²) in [6.07, 6.45) is 5.32. The van der Waals surface area contributed by atoms with Crippen LogP contribution < -0.4 is 15.4 Å². The average Bonchev–Trinajstić information content (AvgIpc) is 3.28. The highest BCUT2D eigenvalue weighted by Crippen LogP contribution is 2.58. The van der Waals surface area contributed by atoms with Crippen LogP contribution >= 0.6 is 0 Å². The van der Waals surface area contributed by atoms with E-state index in [0.29, 0.717) is 5.41 Å². The van der Waals surface area contributed by atoms with Gasteiger partial charge in [0.1, 0.15) is 5.75 Å². The quantitative estimate of drug-likeness (QED) is 0.882. The molecule has 1 saturated carbocycles. The van der Waals surface area contributed by atoms with Crippen LogP contribution in [0.2, 0.25) is 0 Å². The van der Waals surface area contributed by atoms with Crippen LogP contribution in [0.15, 0.2) is 24.3 Å². The van der Waals surface area contributed by atoms with Gasteiger partial charge >= 0.3 is 0 Å². The lowest BCUT2D eigenvalue weighted by molar-refractivity contribution is -0.124. The summed E-state index contributed by atoms with van der Waals surface area (Å²) >= 11 is 0. The molecule has 1 aromatic carbocycles. The molecular weight excluding hydrogens is 276 g/mol.